The highest BCUT2D eigenvalue weighted by atomic mass is 79.9. The van der Waals surface area contributed by atoms with Crippen LogP contribution in [0.4, 0.5) is 0 Å². The summed E-state index contributed by atoms with van der Waals surface area (Å²) in [5.74, 6) is 1.37. The normalized spacial score (nSPS) is 12.8. The van der Waals surface area contributed by atoms with Crippen LogP contribution in [0, 0.1) is 5.92 Å². The molecule has 0 spiro atoms. The zero-order valence-electron chi connectivity index (χ0n) is 7.76. The summed E-state index contributed by atoms with van der Waals surface area (Å²) in [6, 6.07) is 8.45. The van der Waals surface area contributed by atoms with Gasteiger partial charge in [-0.05, 0) is 36.5 Å². The highest BCUT2D eigenvalue weighted by Gasteiger charge is 2.00. The molecule has 0 nitrogen and oxygen atoms in total. The highest BCUT2D eigenvalue weighted by Crippen LogP contribution is 2.15. The summed E-state index contributed by atoms with van der Waals surface area (Å²) in [4.78, 5) is 0. The average Bonchev–Trinajstić information content (AvgIpc) is 2.14. The number of rotatable bonds is 4. The molecule has 0 radical (unpaired) electrons. The lowest BCUT2D eigenvalue weighted by molar-refractivity contribution is 0.593. The third-order valence-corrected chi connectivity index (χ3v) is 3.10. The quantitative estimate of drug-likeness (QED) is 0.711. The van der Waals surface area contributed by atoms with Crippen molar-refractivity contribution >= 4 is 27.5 Å². The molecule has 13 heavy (non-hydrogen) atoms. The van der Waals surface area contributed by atoms with Gasteiger partial charge in [0.2, 0.25) is 0 Å². The van der Waals surface area contributed by atoms with Crippen LogP contribution in [0.5, 0.6) is 0 Å². The molecule has 0 saturated carbocycles. The van der Waals surface area contributed by atoms with E-state index in [-0.39, 0.29) is 0 Å². The van der Waals surface area contributed by atoms with E-state index in [4.69, 9.17) is 11.6 Å². The Hall–Kier alpha value is -0.0100. The van der Waals surface area contributed by atoms with E-state index in [1.165, 1.54) is 12.0 Å². The van der Waals surface area contributed by atoms with Gasteiger partial charge in [-0.2, -0.15) is 0 Å². The molecule has 1 aromatic carbocycles. The molecule has 0 aliphatic heterocycles. The zero-order valence-corrected chi connectivity index (χ0v) is 10.1. The van der Waals surface area contributed by atoms with Gasteiger partial charge in [0.25, 0.3) is 0 Å². The van der Waals surface area contributed by atoms with Gasteiger partial charge in [-0.25, -0.2) is 0 Å². The van der Waals surface area contributed by atoms with Crippen LogP contribution in [0.1, 0.15) is 18.9 Å². The molecule has 1 atom stereocenters. The van der Waals surface area contributed by atoms with E-state index in [2.05, 4.69) is 47.1 Å². The SMILES string of the molecule is CC(CCl)CCc1cccc(Br)c1. The van der Waals surface area contributed by atoms with Crippen molar-refractivity contribution < 1.29 is 0 Å². The van der Waals surface area contributed by atoms with Crippen LogP contribution in [-0.2, 0) is 6.42 Å². The Balaban J connectivity index is 2.45. The number of hydrogen-bond donors (Lipinski definition) is 0. The van der Waals surface area contributed by atoms with Crippen molar-refractivity contribution in [1.82, 2.24) is 0 Å². The summed E-state index contributed by atoms with van der Waals surface area (Å²) in [7, 11) is 0. The lowest BCUT2D eigenvalue weighted by atomic mass is 10.0. The summed E-state index contributed by atoms with van der Waals surface area (Å²) in [6.45, 7) is 2.19. The molecule has 1 rings (SSSR count). The van der Waals surface area contributed by atoms with Crippen LogP contribution in [0.3, 0.4) is 0 Å². The molecule has 0 aliphatic carbocycles. The molecule has 0 N–H and O–H groups in total. The molecular formula is C11H14BrCl. The van der Waals surface area contributed by atoms with Crippen molar-refractivity contribution in [2.75, 3.05) is 5.88 Å². The van der Waals surface area contributed by atoms with E-state index in [9.17, 15) is 0 Å². The Morgan fingerprint density at radius 3 is 2.85 bits per heavy atom. The fourth-order valence-corrected chi connectivity index (χ4v) is 1.78. The summed E-state index contributed by atoms with van der Waals surface area (Å²) >= 11 is 9.20. The Kier molecular flexibility index (Phi) is 4.82. The molecule has 1 aromatic rings. The predicted molar refractivity (Wildman–Crippen MR) is 62.3 cm³/mol. The van der Waals surface area contributed by atoms with Crippen molar-refractivity contribution in [2.45, 2.75) is 19.8 Å². The summed E-state index contributed by atoms with van der Waals surface area (Å²) < 4.78 is 1.16. The molecule has 0 heterocycles. The topological polar surface area (TPSA) is 0 Å². The minimum Gasteiger partial charge on any atom is -0.126 e. The molecule has 0 aromatic heterocycles. The van der Waals surface area contributed by atoms with Crippen LogP contribution < -0.4 is 0 Å². The van der Waals surface area contributed by atoms with Crippen LogP contribution in [0.25, 0.3) is 0 Å². The van der Waals surface area contributed by atoms with Gasteiger partial charge in [-0.3, -0.25) is 0 Å². The third kappa shape index (κ3) is 4.15. The minimum atomic E-state index is 0.612. The van der Waals surface area contributed by atoms with Crippen LogP contribution in [-0.4, -0.2) is 5.88 Å². The molecule has 1 unspecified atom stereocenters. The van der Waals surface area contributed by atoms with Gasteiger partial charge >= 0.3 is 0 Å². The van der Waals surface area contributed by atoms with Gasteiger partial charge in [0.15, 0.2) is 0 Å². The number of halogens is 2. The van der Waals surface area contributed by atoms with Crippen molar-refractivity contribution in [1.29, 1.82) is 0 Å². The predicted octanol–water partition coefficient (Wildman–Crippen LogP) is 4.26. The molecule has 0 saturated heterocycles. The average molecular weight is 262 g/mol. The Morgan fingerprint density at radius 1 is 1.46 bits per heavy atom. The summed E-state index contributed by atoms with van der Waals surface area (Å²) in [5, 5.41) is 0. The fraction of sp³-hybridized carbons (Fsp3) is 0.455. The maximum Gasteiger partial charge on any atom is 0.0249 e. The Bertz CT molecular complexity index is 260. The van der Waals surface area contributed by atoms with E-state index < -0.39 is 0 Å². The van der Waals surface area contributed by atoms with Gasteiger partial charge in [-0.15, -0.1) is 11.6 Å². The zero-order chi connectivity index (χ0) is 9.68. The lowest BCUT2D eigenvalue weighted by Crippen LogP contribution is -1.98. The van der Waals surface area contributed by atoms with Crippen molar-refractivity contribution in [3.05, 3.63) is 34.3 Å². The molecule has 2 heteroatoms. The van der Waals surface area contributed by atoms with E-state index in [0.717, 1.165) is 16.8 Å². The van der Waals surface area contributed by atoms with E-state index in [1.54, 1.807) is 0 Å². The minimum absolute atomic E-state index is 0.612. The van der Waals surface area contributed by atoms with Gasteiger partial charge in [0.05, 0.1) is 0 Å². The van der Waals surface area contributed by atoms with Gasteiger partial charge in [-0.1, -0.05) is 35.0 Å². The number of aryl methyl sites for hydroxylation is 1. The number of benzene rings is 1. The lowest BCUT2D eigenvalue weighted by Gasteiger charge is -2.06. The second-order valence-corrected chi connectivity index (χ2v) is 4.65. The first-order chi connectivity index (χ1) is 6.22. The molecule has 0 amide bonds. The van der Waals surface area contributed by atoms with Crippen LogP contribution in [0.15, 0.2) is 28.7 Å². The second kappa shape index (κ2) is 5.66. The van der Waals surface area contributed by atoms with Gasteiger partial charge in [0.1, 0.15) is 0 Å². The molecule has 72 valence electrons. The Morgan fingerprint density at radius 2 is 2.23 bits per heavy atom. The standard InChI is InChI=1S/C11H14BrCl/c1-9(8-13)5-6-10-3-2-4-11(12)7-10/h2-4,7,9H,5-6,8H2,1H3. The van der Waals surface area contributed by atoms with Crippen LogP contribution >= 0.6 is 27.5 Å². The molecule has 0 aliphatic rings. The molecule has 0 bridgehead atoms. The third-order valence-electron chi connectivity index (χ3n) is 2.08. The summed E-state index contributed by atoms with van der Waals surface area (Å²) in [5.41, 5.74) is 1.38. The maximum atomic E-state index is 5.74. The fourth-order valence-electron chi connectivity index (χ4n) is 1.18. The van der Waals surface area contributed by atoms with Gasteiger partial charge < -0.3 is 0 Å². The first-order valence-electron chi connectivity index (χ1n) is 4.53. The van der Waals surface area contributed by atoms with Crippen molar-refractivity contribution in [3.63, 3.8) is 0 Å². The van der Waals surface area contributed by atoms with Crippen molar-refractivity contribution in [3.8, 4) is 0 Å². The van der Waals surface area contributed by atoms with E-state index in [0.29, 0.717) is 5.92 Å². The first-order valence-corrected chi connectivity index (χ1v) is 5.85. The van der Waals surface area contributed by atoms with Crippen LogP contribution in [0.2, 0.25) is 0 Å². The Labute approximate surface area is 93.4 Å². The highest BCUT2D eigenvalue weighted by molar-refractivity contribution is 9.10. The molecular weight excluding hydrogens is 247 g/mol. The molecule has 0 fully saturated rings. The van der Waals surface area contributed by atoms with E-state index in [1.807, 2.05) is 0 Å². The number of alkyl halides is 1. The monoisotopic (exact) mass is 260 g/mol. The first kappa shape index (κ1) is 11.1. The summed E-state index contributed by atoms with van der Waals surface area (Å²) in [6.07, 6.45) is 2.28. The van der Waals surface area contributed by atoms with Gasteiger partial charge in [0, 0.05) is 10.4 Å². The smallest absolute Gasteiger partial charge is 0.0249 e. The second-order valence-electron chi connectivity index (χ2n) is 3.43. The number of hydrogen-bond acceptors (Lipinski definition) is 0. The maximum absolute atomic E-state index is 5.74. The van der Waals surface area contributed by atoms with Crippen molar-refractivity contribution in [2.24, 2.45) is 5.92 Å². The largest absolute Gasteiger partial charge is 0.126 e. The van der Waals surface area contributed by atoms with E-state index >= 15 is 0 Å².